The van der Waals surface area contributed by atoms with E-state index in [1.807, 2.05) is 0 Å². The smallest absolute Gasteiger partial charge is 0.334 e. The van der Waals surface area contributed by atoms with Crippen molar-refractivity contribution in [1.82, 2.24) is 25.6 Å². The van der Waals surface area contributed by atoms with Gasteiger partial charge in [-0.3, -0.25) is 19.7 Å². The largest absolute Gasteiger partial charge is 0.416 e. The van der Waals surface area contributed by atoms with Crippen molar-refractivity contribution in [1.29, 1.82) is 0 Å². The second-order valence-electron chi connectivity index (χ2n) is 7.66. The average Bonchev–Trinajstić information content (AvgIpc) is 2.79. The number of amides is 4. The van der Waals surface area contributed by atoms with Crippen LogP contribution in [0.2, 0.25) is 5.02 Å². The van der Waals surface area contributed by atoms with Crippen LogP contribution < -0.4 is 21.5 Å². The molecule has 3 aromatic rings. The van der Waals surface area contributed by atoms with Gasteiger partial charge in [-0.1, -0.05) is 22.9 Å². The van der Waals surface area contributed by atoms with Gasteiger partial charge in [-0.15, -0.1) is 5.10 Å². The molecule has 1 saturated heterocycles. The van der Waals surface area contributed by atoms with Gasteiger partial charge in [0.05, 0.1) is 21.7 Å². The lowest BCUT2D eigenvalue weighted by molar-refractivity contribution is -0.138. The summed E-state index contributed by atoms with van der Waals surface area (Å²) >= 11 is 5.83. The molecule has 1 unspecified atom stereocenters. The number of hydrogen-bond acceptors (Lipinski definition) is 6. The van der Waals surface area contributed by atoms with Crippen LogP contribution >= 0.6 is 11.6 Å². The monoisotopic (exact) mass is 508 g/mol. The molecule has 1 atom stereocenters. The summed E-state index contributed by atoms with van der Waals surface area (Å²) < 4.78 is 39.1. The highest BCUT2D eigenvalue weighted by molar-refractivity contribution is 6.33. The van der Waals surface area contributed by atoms with Crippen LogP contribution in [0.5, 0.6) is 0 Å². The molecule has 2 aromatic carbocycles. The minimum atomic E-state index is -4.56. The molecule has 35 heavy (non-hydrogen) atoms. The van der Waals surface area contributed by atoms with Gasteiger partial charge in [0.1, 0.15) is 11.6 Å². The summed E-state index contributed by atoms with van der Waals surface area (Å²) in [5, 5.41) is 14.8. The first-order valence-electron chi connectivity index (χ1n) is 10.2. The Morgan fingerprint density at radius 2 is 1.94 bits per heavy atom. The molecule has 2 heterocycles. The fraction of sp³-hybridized carbons (Fsp3) is 0.238. The molecular weight excluding hydrogens is 493 g/mol. The highest BCUT2D eigenvalue weighted by Crippen LogP contribution is 2.33. The average molecular weight is 509 g/mol. The number of rotatable bonds is 4. The normalized spacial score (nSPS) is 16.2. The molecule has 1 aliphatic rings. The van der Waals surface area contributed by atoms with Crippen LogP contribution in [-0.2, 0) is 22.3 Å². The molecule has 3 N–H and O–H groups in total. The lowest BCUT2D eigenvalue weighted by atomic mass is 10.1. The van der Waals surface area contributed by atoms with Gasteiger partial charge in [-0.05, 0) is 42.3 Å². The predicted octanol–water partition coefficient (Wildman–Crippen LogP) is 2.76. The second kappa shape index (κ2) is 9.33. The number of urea groups is 1. The number of piperidine rings is 1. The molecule has 1 aliphatic heterocycles. The van der Waals surface area contributed by atoms with Crippen molar-refractivity contribution in [2.24, 2.45) is 0 Å². The molecule has 4 amide bonds. The van der Waals surface area contributed by atoms with Crippen LogP contribution in [0.3, 0.4) is 0 Å². The van der Waals surface area contributed by atoms with Crippen LogP contribution in [-0.4, -0.2) is 32.8 Å². The highest BCUT2D eigenvalue weighted by Gasteiger charge is 2.31. The lowest BCUT2D eigenvalue weighted by Gasteiger charge is -2.21. The maximum Gasteiger partial charge on any atom is 0.416 e. The Hall–Kier alpha value is -4.00. The Bertz CT molecular complexity index is 1410. The number of carbonyl (C=O) groups is 3. The van der Waals surface area contributed by atoms with Crippen LogP contribution in [0.25, 0.3) is 10.9 Å². The minimum Gasteiger partial charge on any atom is -0.334 e. The third-order valence-corrected chi connectivity index (χ3v) is 5.57. The standard InChI is InChI=1S/C21H16ClF3N6O4/c22-13-8-11(21(23,24)25)2-4-14(13)27-20(35)26-9-10-1-3-12-15(7-10)29-30-31(19(12)34)16-5-6-17(32)28-18(16)33/h1-4,7-8,16H,5-6,9H2,(H2,26,27,35)(H,28,32,33). The number of aromatic nitrogens is 3. The molecular formula is C21H16ClF3N6O4. The van der Waals surface area contributed by atoms with Crippen LogP contribution in [0.4, 0.5) is 23.7 Å². The third-order valence-electron chi connectivity index (χ3n) is 5.25. The van der Waals surface area contributed by atoms with Crippen molar-refractivity contribution in [2.75, 3.05) is 5.32 Å². The van der Waals surface area contributed by atoms with Crippen molar-refractivity contribution < 1.29 is 27.6 Å². The Kier molecular flexibility index (Phi) is 6.43. The summed E-state index contributed by atoms with van der Waals surface area (Å²) in [6.45, 7) is -0.00205. The summed E-state index contributed by atoms with van der Waals surface area (Å²) in [7, 11) is 0. The number of nitrogens with one attached hydrogen (secondary N) is 3. The summed E-state index contributed by atoms with van der Waals surface area (Å²) in [5.74, 6) is -1.05. The van der Waals surface area contributed by atoms with E-state index in [0.29, 0.717) is 11.6 Å². The number of anilines is 1. The van der Waals surface area contributed by atoms with Gasteiger partial charge in [0.25, 0.3) is 11.5 Å². The number of carbonyl (C=O) groups excluding carboxylic acids is 3. The van der Waals surface area contributed by atoms with Gasteiger partial charge >= 0.3 is 12.2 Å². The zero-order chi connectivity index (χ0) is 25.3. The summed E-state index contributed by atoms with van der Waals surface area (Å²) in [6, 6.07) is 5.44. The molecule has 0 aliphatic carbocycles. The van der Waals surface area contributed by atoms with Crippen LogP contribution in [0.15, 0.2) is 41.2 Å². The highest BCUT2D eigenvalue weighted by atomic mass is 35.5. The molecule has 10 nitrogen and oxygen atoms in total. The first-order valence-corrected chi connectivity index (χ1v) is 10.5. The molecule has 0 saturated carbocycles. The molecule has 0 spiro atoms. The SMILES string of the molecule is O=C1CCC(n2nnc3cc(CNC(=O)Nc4ccc(C(F)(F)F)cc4Cl)ccc3c2=O)C(=O)N1. The van der Waals surface area contributed by atoms with E-state index in [4.69, 9.17) is 11.6 Å². The molecule has 14 heteroatoms. The summed E-state index contributed by atoms with van der Waals surface area (Å²) in [4.78, 5) is 48.3. The van der Waals surface area contributed by atoms with Gasteiger partial charge in [0, 0.05) is 13.0 Å². The van der Waals surface area contributed by atoms with Gasteiger partial charge in [-0.2, -0.15) is 17.9 Å². The van der Waals surface area contributed by atoms with Gasteiger partial charge in [-0.25, -0.2) is 4.79 Å². The minimum absolute atomic E-state index is 0.00205. The second-order valence-corrected chi connectivity index (χ2v) is 8.06. The van der Waals surface area contributed by atoms with Gasteiger partial charge in [0.15, 0.2) is 0 Å². The summed E-state index contributed by atoms with van der Waals surface area (Å²) in [6.07, 6.45) is -4.35. The molecule has 4 rings (SSSR count). The van der Waals surface area contributed by atoms with E-state index in [9.17, 15) is 32.3 Å². The van der Waals surface area contributed by atoms with E-state index < -0.39 is 41.2 Å². The quantitative estimate of drug-likeness (QED) is 0.464. The zero-order valence-corrected chi connectivity index (χ0v) is 18.4. The van der Waals surface area contributed by atoms with E-state index in [1.165, 1.54) is 12.1 Å². The van der Waals surface area contributed by atoms with E-state index >= 15 is 0 Å². The fourth-order valence-corrected chi connectivity index (χ4v) is 3.70. The Balaban J connectivity index is 1.44. The summed E-state index contributed by atoms with van der Waals surface area (Å²) in [5.41, 5.74) is -0.723. The Morgan fingerprint density at radius 3 is 2.63 bits per heavy atom. The first kappa shape index (κ1) is 24.1. The van der Waals surface area contributed by atoms with E-state index in [2.05, 4.69) is 26.3 Å². The number of hydrogen-bond donors (Lipinski definition) is 3. The van der Waals surface area contributed by atoms with E-state index in [1.54, 1.807) is 6.07 Å². The maximum absolute atomic E-state index is 12.8. The predicted molar refractivity (Wildman–Crippen MR) is 118 cm³/mol. The van der Waals surface area contributed by atoms with Crippen molar-refractivity contribution >= 4 is 46.0 Å². The van der Waals surface area contributed by atoms with Crippen molar-refractivity contribution in [2.45, 2.75) is 31.6 Å². The maximum atomic E-state index is 12.8. The number of imide groups is 1. The fourth-order valence-electron chi connectivity index (χ4n) is 3.47. The molecule has 1 fully saturated rings. The van der Waals surface area contributed by atoms with Crippen LogP contribution in [0.1, 0.15) is 30.0 Å². The van der Waals surface area contributed by atoms with E-state index in [-0.39, 0.29) is 41.0 Å². The van der Waals surface area contributed by atoms with Crippen molar-refractivity contribution in [3.8, 4) is 0 Å². The molecule has 0 radical (unpaired) electrons. The first-order chi connectivity index (χ1) is 16.5. The lowest BCUT2D eigenvalue weighted by Crippen LogP contribution is -2.45. The Labute approximate surface area is 199 Å². The van der Waals surface area contributed by atoms with Crippen molar-refractivity contribution in [3.63, 3.8) is 0 Å². The molecule has 0 bridgehead atoms. The molecule has 182 valence electrons. The van der Waals surface area contributed by atoms with Gasteiger partial charge in [0.2, 0.25) is 5.91 Å². The number of benzene rings is 2. The number of alkyl halides is 3. The number of nitrogens with zero attached hydrogens (tertiary/aromatic N) is 3. The number of fused-ring (bicyclic) bond motifs is 1. The topological polar surface area (TPSA) is 135 Å². The zero-order valence-electron chi connectivity index (χ0n) is 17.6. The number of halogens is 4. The van der Waals surface area contributed by atoms with Crippen LogP contribution in [0, 0.1) is 0 Å². The van der Waals surface area contributed by atoms with Crippen molar-refractivity contribution in [3.05, 3.63) is 62.9 Å². The van der Waals surface area contributed by atoms with E-state index in [0.717, 1.165) is 16.8 Å². The Morgan fingerprint density at radius 1 is 1.17 bits per heavy atom. The van der Waals surface area contributed by atoms with Gasteiger partial charge < -0.3 is 10.6 Å². The third kappa shape index (κ3) is 5.24. The molecule has 1 aromatic heterocycles.